The third-order valence-electron chi connectivity index (χ3n) is 4.53. The molecule has 0 aliphatic carbocycles. The van der Waals surface area contributed by atoms with Gasteiger partial charge in [0.25, 0.3) is 5.91 Å². The molecule has 1 amide bonds. The Kier molecular flexibility index (Phi) is 5.20. The SMILES string of the molecule is O=C(N[C@@H](Cc1ccccc1)c1ccccc1)c1ccccc1-n1cnnn1. The summed E-state index contributed by atoms with van der Waals surface area (Å²) in [5, 5.41) is 14.4. The molecular formula is C22H19N5O. The van der Waals surface area contributed by atoms with Crippen LogP contribution in [0.2, 0.25) is 0 Å². The molecule has 4 rings (SSSR count). The summed E-state index contributed by atoms with van der Waals surface area (Å²) in [7, 11) is 0. The summed E-state index contributed by atoms with van der Waals surface area (Å²) >= 11 is 0. The second-order valence-corrected chi connectivity index (χ2v) is 6.40. The number of hydrogen-bond acceptors (Lipinski definition) is 4. The van der Waals surface area contributed by atoms with Crippen molar-refractivity contribution in [2.24, 2.45) is 0 Å². The molecule has 0 fully saturated rings. The lowest BCUT2D eigenvalue weighted by molar-refractivity contribution is 0.0936. The van der Waals surface area contributed by atoms with Gasteiger partial charge in [-0.25, -0.2) is 0 Å². The molecule has 4 aromatic rings. The van der Waals surface area contributed by atoms with Crippen molar-refractivity contribution in [1.29, 1.82) is 0 Å². The normalized spacial score (nSPS) is 11.7. The van der Waals surface area contributed by atoms with E-state index in [4.69, 9.17) is 0 Å². The maximum atomic E-state index is 13.1. The summed E-state index contributed by atoms with van der Waals surface area (Å²) in [6.07, 6.45) is 2.18. The first-order valence-corrected chi connectivity index (χ1v) is 9.03. The largest absolute Gasteiger partial charge is 0.345 e. The molecule has 1 heterocycles. The molecule has 0 saturated heterocycles. The van der Waals surface area contributed by atoms with Crippen LogP contribution in [0.4, 0.5) is 0 Å². The van der Waals surface area contributed by atoms with E-state index in [0.717, 1.165) is 11.1 Å². The smallest absolute Gasteiger partial charge is 0.253 e. The summed E-state index contributed by atoms with van der Waals surface area (Å²) < 4.78 is 1.49. The van der Waals surface area contributed by atoms with E-state index in [0.29, 0.717) is 17.7 Å². The Morgan fingerprint density at radius 3 is 2.29 bits per heavy atom. The fraction of sp³-hybridized carbons (Fsp3) is 0.0909. The lowest BCUT2D eigenvalue weighted by atomic mass is 9.98. The van der Waals surface area contributed by atoms with E-state index < -0.39 is 0 Å². The van der Waals surface area contributed by atoms with Crippen LogP contribution in [0.1, 0.15) is 27.5 Å². The summed E-state index contributed by atoms with van der Waals surface area (Å²) in [5.41, 5.74) is 3.37. The van der Waals surface area contributed by atoms with Crippen molar-refractivity contribution < 1.29 is 4.79 Å². The van der Waals surface area contributed by atoms with Crippen LogP contribution in [0.3, 0.4) is 0 Å². The van der Waals surface area contributed by atoms with Gasteiger partial charge in [0, 0.05) is 0 Å². The Labute approximate surface area is 162 Å². The highest BCUT2D eigenvalue weighted by Gasteiger charge is 2.19. The maximum Gasteiger partial charge on any atom is 0.253 e. The van der Waals surface area contributed by atoms with Crippen LogP contribution in [0.25, 0.3) is 5.69 Å². The fourth-order valence-electron chi connectivity index (χ4n) is 3.16. The fourth-order valence-corrected chi connectivity index (χ4v) is 3.16. The standard InChI is InChI=1S/C22H19N5O/c28-22(19-13-7-8-14-21(19)27-16-23-25-26-27)24-20(18-11-5-2-6-12-18)15-17-9-3-1-4-10-17/h1-14,16,20H,15H2,(H,24,28)/t20-/m0/s1. The first-order chi connectivity index (χ1) is 13.8. The molecule has 6 nitrogen and oxygen atoms in total. The Hall–Kier alpha value is -3.80. The average Bonchev–Trinajstić information content (AvgIpc) is 3.29. The molecule has 138 valence electrons. The van der Waals surface area contributed by atoms with Crippen LogP contribution in [0.15, 0.2) is 91.3 Å². The lowest BCUT2D eigenvalue weighted by Gasteiger charge is -2.20. The topological polar surface area (TPSA) is 72.7 Å². The number of rotatable bonds is 6. The van der Waals surface area contributed by atoms with E-state index in [1.165, 1.54) is 11.0 Å². The third-order valence-corrected chi connectivity index (χ3v) is 4.53. The highest BCUT2D eigenvalue weighted by molar-refractivity contribution is 5.98. The van der Waals surface area contributed by atoms with Gasteiger partial charge in [-0.2, -0.15) is 4.68 Å². The van der Waals surface area contributed by atoms with Gasteiger partial charge < -0.3 is 5.32 Å². The molecule has 0 aliphatic rings. The van der Waals surface area contributed by atoms with Crippen molar-refractivity contribution in [2.75, 3.05) is 0 Å². The molecule has 28 heavy (non-hydrogen) atoms. The van der Waals surface area contributed by atoms with Crippen LogP contribution in [-0.2, 0) is 6.42 Å². The second kappa shape index (κ2) is 8.26. The van der Waals surface area contributed by atoms with Crippen LogP contribution in [-0.4, -0.2) is 26.1 Å². The first kappa shape index (κ1) is 17.6. The molecule has 1 atom stereocenters. The van der Waals surface area contributed by atoms with Crippen molar-refractivity contribution in [3.05, 3.63) is 108 Å². The maximum absolute atomic E-state index is 13.1. The minimum Gasteiger partial charge on any atom is -0.345 e. The number of nitrogens with zero attached hydrogens (tertiary/aromatic N) is 4. The number of carbonyl (C=O) groups excluding carboxylic acids is 1. The lowest BCUT2D eigenvalue weighted by Crippen LogP contribution is -2.30. The monoisotopic (exact) mass is 369 g/mol. The molecule has 6 heteroatoms. The first-order valence-electron chi connectivity index (χ1n) is 9.03. The van der Waals surface area contributed by atoms with E-state index in [-0.39, 0.29) is 11.9 Å². The predicted octanol–water partition coefficient (Wildman–Crippen LogP) is 3.38. The zero-order valence-electron chi connectivity index (χ0n) is 15.1. The Morgan fingerprint density at radius 1 is 0.893 bits per heavy atom. The molecule has 0 spiro atoms. The number of benzene rings is 3. The average molecular weight is 369 g/mol. The van der Waals surface area contributed by atoms with E-state index in [1.807, 2.05) is 66.7 Å². The molecule has 0 aliphatic heterocycles. The van der Waals surface area contributed by atoms with Gasteiger partial charge in [-0.05, 0) is 40.1 Å². The van der Waals surface area contributed by atoms with Crippen molar-refractivity contribution in [1.82, 2.24) is 25.5 Å². The Balaban J connectivity index is 1.63. The van der Waals surface area contributed by atoms with Crippen molar-refractivity contribution >= 4 is 5.91 Å². The van der Waals surface area contributed by atoms with Crippen LogP contribution >= 0.6 is 0 Å². The minimum atomic E-state index is -0.170. The number of carbonyl (C=O) groups is 1. The van der Waals surface area contributed by atoms with E-state index in [1.54, 1.807) is 6.07 Å². The van der Waals surface area contributed by atoms with Gasteiger partial charge in [0.15, 0.2) is 0 Å². The number of para-hydroxylation sites is 1. The van der Waals surface area contributed by atoms with Gasteiger partial charge in [0.2, 0.25) is 0 Å². The van der Waals surface area contributed by atoms with Crippen molar-refractivity contribution in [3.8, 4) is 5.69 Å². The molecule has 1 N–H and O–H groups in total. The summed E-state index contributed by atoms with van der Waals surface area (Å²) in [6.45, 7) is 0. The molecular weight excluding hydrogens is 350 g/mol. The molecule has 0 radical (unpaired) electrons. The minimum absolute atomic E-state index is 0.155. The predicted molar refractivity (Wildman–Crippen MR) is 106 cm³/mol. The van der Waals surface area contributed by atoms with Gasteiger partial charge in [-0.15, -0.1) is 5.10 Å². The Morgan fingerprint density at radius 2 is 1.57 bits per heavy atom. The molecule has 3 aromatic carbocycles. The number of tetrazole rings is 1. The highest BCUT2D eigenvalue weighted by atomic mass is 16.1. The number of hydrogen-bond donors (Lipinski definition) is 1. The second-order valence-electron chi connectivity index (χ2n) is 6.40. The zero-order chi connectivity index (χ0) is 19.2. The molecule has 1 aromatic heterocycles. The van der Waals surface area contributed by atoms with Crippen molar-refractivity contribution in [2.45, 2.75) is 12.5 Å². The van der Waals surface area contributed by atoms with Crippen LogP contribution in [0, 0.1) is 0 Å². The zero-order valence-corrected chi connectivity index (χ0v) is 15.1. The highest BCUT2D eigenvalue weighted by Crippen LogP contribution is 2.20. The number of nitrogens with one attached hydrogen (secondary N) is 1. The van der Waals surface area contributed by atoms with E-state index in [2.05, 4.69) is 33.0 Å². The van der Waals surface area contributed by atoms with Gasteiger partial charge in [-0.3, -0.25) is 4.79 Å². The molecule has 0 bridgehead atoms. The summed E-state index contributed by atoms with van der Waals surface area (Å²) in [6, 6.07) is 27.2. The van der Waals surface area contributed by atoms with E-state index >= 15 is 0 Å². The Bertz CT molecular complexity index is 1030. The third kappa shape index (κ3) is 3.96. The molecule has 0 saturated carbocycles. The van der Waals surface area contributed by atoms with Crippen molar-refractivity contribution in [3.63, 3.8) is 0 Å². The van der Waals surface area contributed by atoms with Crippen LogP contribution in [0.5, 0.6) is 0 Å². The van der Waals surface area contributed by atoms with Crippen LogP contribution < -0.4 is 5.32 Å². The summed E-state index contributed by atoms with van der Waals surface area (Å²) in [5.74, 6) is -0.170. The van der Waals surface area contributed by atoms with Gasteiger partial charge in [-0.1, -0.05) is 72.8 Å². The van der Waals surface area contributed by atoms with Gasteiger partial charge in [0.1, 0.15) is 6.33 Å². The molecule has 0 unspecified atom stereocenters. The van der Waals surface area contributed by atoms with E-state index in [9.17, 15) is 4.79 Å². The van der Waals surface area contributed by atoms with Gasteiger partial charge >= 0.3 is 0 Å². The number of aromatic nitrogens is 4. The summed E-state index contributed by atoms with van der Waals surface area (Å²) in [4.78, 5) is 13.1. The quantitative estimate of drug-likeness (QED) is 0.565. The van der Waals surface area contributed by atoms with Gasteiger partial charge in [0.05, 0.1) is 17.3 Å². The number of amides is 1.